The van der Waals surface area contributed by atoms with Gasteiger partial charge >= 0.3 is 0 Å². The van der Waals surface area contributed by atoms with Crippen LogP contribution in [0.4, 0.5) is 10.1 Å². The van der Waals surface area contributed by atoms with Crippen molar-refractivity contribution < 1.29 is 13.7 Å². The van der Waals surface area contributed by atoms with Crippen molar-refractivity contribution in [3.05, 3.63) is 76.6 Å². The van der Waals surface area contributed by atoms with Gasteiger partial charge in [0, 0.05) is 23.1 Å². The molecule has 1 aliphatic rings. The monoisotopic (exact) mass is 404 g/mol. The number of amides is 1. The van der Waals surface area contributed by atoms with E-state index in [9.17, 15) is 14.0 Å². The van der Waals surface area contributed by atoms with Gasteiger partial charge in [0.15, 0.2) is 5.82 Å². The molecule has 2 aromatic carbocycles. The number of anilines is 1. The van der Waals surface area contributed by atoms with Gasteiger partial charge in [-0.05, 0) is 43.2 Å². The van der Waals surface area contributed by atoms with Crippen LogP contribution in [-0.4, -0.2) is 20.6 Å². The van der Waals surface area contributed by atoms with E-state index in [-0.39, 0.29) is 12.1 Å². The van der Waals surface area contributed by atoms with Crippen molar-refractivity contribution in [1.82, 2.24) is 14.7 Å². The van der Waals surface area contributed by atoms with E-state index in [1.54, 1.807) is 12.1 Å². The first-order chi connectivity index (χ1) is 14.6. The Labute approximate surface area is 170 Å². The van der Waals surface area contributed by atoms with Crippen molar-refractivity contribution in [1.29, 1.82) is 0 Å². The molecule has 1 fully saturated rings. The Kier molecular flexibility index (Phi) is 4.39. The van der Waals surface area contributed by atoms with Gasteiger partial charge in [-0.25, -0.2) is 4.39 Å². The Morgan fingerprint density at radius 3 is 2.70 bits per heavy atom. The third kappa shape index (κ3) is 3.47. The summed E-state index contributed by atoms with van der Waals surface area (Å²) in [4.78, 5) is 29.8. The van der Waals surface area contributed by atoms with E-state index >= 15 is 0 Å². The van der Waals surface area contributed by atoms with Crippen LogP contribution < -0.4 is 10.9 Å². The number of halogens is 1. The lowest BCUT2D eigenvalue weighted by atomic mass is 10.1. The smallest absolute Gasteiger partial charge is 0.258 e. The van der Waals surface area contributed by atoms with Crippen LogP contribution in [0.3, 0.4) is 0 Å². The summed E-state index contributed by atoms with van der Waals surface area (Å²) in [5.41, 5.74) is 1.23. The molecule has 30 heavy (non-hydrogen) atoms. The van der Waals surface area contributed by atoms with Gasteiger partial charge in [-0.3, -0.25) is 14.2 Å². The molecule has 4 aromatic rings. The summed E-state index contributed by atoms with van der Waals surface area (Å²) in [6.07, 6.45) is 2.09. The van der Waals surface area contributed by atoms with Gasteiger partial charge in [0.2, 0.25) is 5.91 Å². The van der Waals surface area contributed by atoms with Crippen molar-refractivity contribution >= 4 is 22.5 Å². The predicted octanol–water partition coefficient (Wildman–Crippen LogP) is 3.71. The number of benzene rings is 2. The Morgan fingerprint density at radius 1 is 1.17 bits per heavy atom. The summed E-state index contributed by atoms with van der Waals surface area (Å²) in [5, 5.41) is 7.44. The van der Waals surface area contributed by atoms with Crippen LogP contribution >= 0.6 is 0 Å². The maximum Gasteiger partial charge on any atom is 0.258 e. The molecule has 2 heterocycles. The summed E-state index contributed by atoms with van der Waals surface area (Å²) in [6, 6.07) is 14.1. The lowest BCUT2D eigenvalue weighted by Crippen LogP contribution is -2.27. The minimum atomic E-state index is -0.393. The fraction of sp³-hybridized carbons (Fsp3) is 0.182. The summed E-state index contributed by atoms with van der Waals surface area (Å²) in [6.45, 7) is -0.186. The first-order valence-electron chi connectivity index (χ1n) is 9.60. The first-order valence-corrected chi connectivity index (χ1v) is 9.60. The normalized spacial score (nSPS) is 13.5. The maximum atomic E-state index is 13.0. The second kappa shape index (κ2) is 7.22. The van der Waals surface area contributed by atoms with Crippen molar-refractivity contribution in [2.45, 2.75) is 25.3 Å². The van der Waals surface area contributed by atoms with Crippen LogP contribution in [0.15, 0.2) is 63.9 Å². The molecule has 7 nitrogen and oxygen atoms in total. The van der Waals surface area contributed by atoms with Gasteiger partial charge in [-0.15, -0.1) is 0 Å². The minimum Gasteiger partial charge on any atom is -0.334 e. The molecular formula is C22H17FN4O3. The molecule has 0 unspecified atom stereocenters. The lowest BCUT2D eigenvalue weighted by Gasteiger charge is -2.12. The fourth-order valence-electron chi connectivity index (χ4n) is 3.40. The molecule has 1 amide bonds. The average molecular weight is 404 g/mol. The van der Waals surface area contributed by atoms with Gasteiger partial charge in [0.25, 0.3) is 11.4 Å². The second-order valence-corrected chi connectivity index (χ2v) is 7.29. The number of nitrogens with one attached hydrogen (secondary N) is 1. The van der Waals surface area contributed by atoms with E-state index in [1.807, 2.05) is 12.1 Å². The number of para-hydroxylation sites is 1. The molecule has 0 spiro atoms. The van der Waals surface area contributed by atoms with Crippen LogP contribution in [0.5, 0.6) is 0 Å². The number of hydrogen-bond acceptors (Lipinski definition) is 5. The quantitative estimate of drug-likeness (QED) is 0.548. The molecule has 1 saturated carbocycles. The van der Waals surface area contributed by atoms with Crippen molar-refractivity contribution in [3.8, 4) is 11.5 Å². The highest BCUT2D eigenvalue weighted by molar-refractivity contribution is 5.95. The molecule has 0 radical (unpaired) electrons. The van der Waals surface area contributed by atoms with Crippen LogP contribution in [0.1, 0.15) is 24.6 Å². The van der Waals surface area contributed by atoms with E-state index in [2.05, 4.69) is 15.5 Å². The van der Waals surface area contributed by atoms with E-state index in [0.29, 0.717) is 34.4 Å². The number of pyridine rings is 1. The summed E-state index contributed by atoms with van der Waals surface area (Å²) < 4.78 is 19.8. The van der Waals surface area contributed by atoms with Crippen LogP contribution in [-0.2, 0) is 11.3 Å². The summed E-state index contributed by atoms with van der Waals surface area (Å²) in [7, 11) is 0. The number of hydrogen-bond donors (Lipinski definition) is 1. The van der Waals surface area contributed by atoms with E-state index in [4.69, 9.17) is 4.52 Å². The van der Waals surface area contributed by atoms with Crippen molar-refractivity contribution in [3.63, 3.8) is 0 Å². The number of carbonyl (C=O) groups is 1. The molecule has 1 aliphatic carbocycles. The van der Waals surface area contributed by atoms with Gasteiger partial charge < -0.3 is 9.84 Å². The van der Waals surface area contributed by atoms with Crippen LogP contribution in [0.25, 0.3) is 22.4 Å². The highest BCUT2D eigenvalue weighted by atomic mass is 19.1. The van der Waals surface area contributed by atoms with Crippen LogP contribution in [0, 0.1) is 5.82 Å². The number of nitrogens with zero attached hydrogens (tertiary/aromatic N) is 3. The Hall–Kier alpha value is -3.81. The van der Waals surface area contributed by atoms with E-state index < -0.39 is 11.7 Å². The number of fused-ring (bicyclic) bond motifs is 1. The molecule has 1 N–H and O–H groups in total. The van der Waals surface area contributed by atoms with Crippen molar-refractivity contribution in [2.75, 3.05) is 5.32 Å². The standard InChI is InChI=1S/C22H17FN4O3/c23-14-7-9-15(10-8-14)24-19(28)12-27-18-4-2-1-3-16(18)17(11-20(27)29)22-25-21(26-30-22)13-5-6-13/h1-4,7-11,13H,5-6,12H2,(H,24,28). The maximum absolute atomic E-state index is 13.0. The third-order valence-electron chi connectivity index (χ3n) is 5.06. The molecular weight excluding hydrogens is 387 g/mol. The van der Waals surface area contributed by atoms with E-state index in [1.165, 1.54) is 34.9 Å². The predicted molar refractivity (Wildman–Crippen MR) is 109 cm³/mol. The summed E-state index contributed by atoms with van der Waals surface area (Å²) in [5.74, 6) is 0.515. The summed E-state index contributed by atoms with van der Waals surface area (Å²) >= 11 is 0. The minimum absolute atomic E-state index is 0.186. The highest BCUT2D eigenvalue weighted by Crippen LogP contribution is 2.39. The number of rotatable bonds is 5. The zero-order valence-electron chi connectivity index (χ0n) is 15.8. The van der Waals surface area contributed by atoms with Crippen molar-refractivity contribution in [2.24, 2.45) is 0 Å². The molecule has 0 aliphatic heterocycles. The van der Waals surface area contributed by atoms with Gasteiger partial charge in [-0.1, -0.05) is 23.4 Å². The lowest BCUT2D eigenvalue weighted by molar-refractivity contribution is -0.116. The topological polar surface area (TPSA) is 90.0 Å². The molecule has 2 aromatic heterocycles. The Morgan fingerprint density at radius 2 is 1.93 bits per heavy atom. The van der Waals surface area contributed by atoms with Gasteiger partial charge in [0.05, 0.1) is 11.1 Å². The Balaban J connectivity index is 1.49. The largest absolute Gasteiger partial charge is 0.334 e. The molecule has 150 valence electrons. The Bertz CT molecular complexity index is 1310. The zero-order chi connectivity index (χ0) is 20.7. The second-order valence-electron chi connectivity index (χ2n) is 7.29. The van der Waals surface area contributed by atoms with Gasteiger partial charge in [-0.2, -0.15) is 4.98 Å². The van der Waals surface area contributed by atoms with E-state index in [0.717, 1.165) is 18.2 Å². The SMILES string of the molecule is O=C(Cn1c(=O)cc(-c2nc(C3CC3)no2)c2ccccc21)Nc1ccc(F)cc1. The average Bonchev–Trinajstić information content (AvgIpc) is 3.48. The molecule has 0 saturated heterocycles. The number of aromatic nitrogens is 3. The molecule has 8 heteroatoms. The first kappa shape index (κ1) is 18.2. The number of carbonyl (C=O) groups excluding carboxylic acids is 1. The highest BCUT2D eigenvalue weighted by Gasteiger charge is 2.29. The van der Waals surface area contributed by atoms with Gasteiger partial charge in [0.1, 0.15) is 12.4 Å². The molecule has 0 atom stereocenters. The molecule has 5 rings (SSSR count). The molecule has 0 bridgehead atoms. The third-order valence-corrected chi connectivity index (χ3v) is 5.06. The fourth-order valence-corrected chi connectivity index (χ4v) is 3.40. The zero-order valence-corrected chi connectivity index (χ0v) is 15.8. The van der Waals surface area contributed by atoms with Crippen LogP contribution in [0.2, 0.25) is 0 Å².